The lowest BCUT2D eigenvalue weighted by Gasteiger charge is -2.53. The van der Waals surface area contributed by atoms with Gasteiger partial charge in [0.25, 0.3) is 5.91 Å². The van der Waals surface area contributed by atoms with E-state index >= 15 is 0 Å². The quantitative estimate of drug-likeness (QED) is 0.661. The minimum absolute atomic E-state index is 0.151. The maximum atomic E-state index is 13.9. The normalized spacial score (nSPS) is 23.5. The van der Waals surface area contributed by atoms with Gasteiger partial charge in [0.1, 0.15) is 5.92 Å². The maximum absolute atomic E-state index is 13.9. The molecule has 3 aromatic rings. The first kappa shape index (κ1) is 18.6. The summed E-state index contributed by atoms with van der Waals surface area (Å²) in [7, 11) is 0. The van der Waals surface area contributed by atoms with Crippen molar-refractivity contribution in [1.29, 1.82) is 0 Å². The first-order valence-corrected chi connectivity index (χ1v) is 10.1. The summed E-state index contributed by atoms with van der Waals surface area (Å²) in [5, 5.41) is 10.6. The van der Waals surface area contributed by atoms with Crippen molar-refractivity contribution in [3.05, 3.63) is 101 Å². The Morgan fingerprint density at radius 2 is 1.57 bits per heavy atom. The van der Waals surface area contributed by atoms with Gasteiger partial charge in [0.2, 0.25) is 0 Å². The second kappa shape index (κ2) is 6.05. The zero-order valence-electron chi connectivity index (χ0n) is 17.2. The first-order chi connectivity index (χ1) is 14.3. The van der Waals surface area contributed by atoms with Gasteiger partial charge in [0.05, 0.1) is 5.54 Å². The highest BCUT2D eigenvalue weighted by Crippen LogP contribution is 2.64. The third kappa shape index (κ3) is 2.06. The van der Waals surface area contributed by atoms with E-state index in [1.54, 1.807) is 23.1 Å². The first-order valence-electron chi connectivity index (χ1n) is 10.1. The summed E-state index contributed by atoms with van der Waals surface area (Å²) in [5.41, 5.74) is 3.01. The fourth-order valence-corrected chi connectivity index (χ4v) is 5.70. The minimum Gasteiger partial charge on any atom is -0.481 e. The zero-order chi connectivity index (χ0) is 21.3. The van der Waals surface area contributed by atoms with Gasteiger partial charge in [-0.1, -0.05) is 80.1 Å². The predicted octanol–water partition coefficient (Wildman–Crippen LogP) is 5.01. The number of anilines is 1. The standard InChI is InChI=1S/C26H23NO3/c1-16-12-14-17(15-13-16)26-22(24(29)30)18-8-4-5-9-19(18)23(28)27(26)21-11-7-6-10-20(21)25(26,2)3/h4-15,22H,1-3H3,(H,29,30)/t22-,26+/m1/s1. The van der Waals surface area contributed by atoms with Crippen molar-refractivity contribution in [3.63, 3.8) is 0 Å². The Morgan fingerprint density at radius 3 is 2.27 bits per heavy atom. The number of para-hydroxylation sites is 1. The third-order valence-electron chi connectivity index (χ3n) is 6.99. The predicted molar refractivity (Wildman–Crippen MR) is 116 cm³/mol. The summed E-state index contributed by atoms with van der Waals surface area (Å²) in [6, 6.07) is 22.9. The second-order valence-corrected chi connectivity index (χ2v) is 8.77. The molecule has 4 nitrogen and oxygen atoms in total. The molecule has 0 bridgehead atoms. The lowest BCUT2D eigenvalue weighted by atomic mass is 9.57. The molecule has 0 unspecified atom stereocenters. The molecule has 5 rings (SSSR count). The summed E-state index contributed by atoms with van der Waals surface area (Å²) in [6.45, 7) is 6.12. The van der Waals surface area contributed by atoms with Gasteiger partial charge in [-0.15, -0.1) is 0 Å². The van der Waals surface area contributed by atoms with Crippen molar-refractivity contribution in [2.45, 2.75) is 37.6 Å². The Hall–Kier alpha value is -3.40. The van der Waals surface area contributed by atoms with E-state index in [1.165, 1.54) is 0 Å². The highest BCUT2D eigenvalue weighted by atomic mass is 16.4. The number of carbonyl (C=O) groups excluding carboxylic acids is 1. The lowest BCUT2D eigenvalue weighted by molar-refractivity contribution is -0.141. The number of hydrogen-bond donors (Lipinski definition) is 1. The van der Waals surface area contributed by atoms with Crippen LogP contribution >= 0.6 is 0 Å². The molecular weight excluding hydrogens is 374 g/mol. The second-order valence-electron chi connectivity index (χ2n) is 8.77. The number of aliphatic carboxylic acids is 1. The van der Waals surface area contributed by atoms with Crippen molar-refractivity contribution < 1.29 is 14.7 Å². The number of carbonyl (C=O) groups is 2. The molecule has 0 saturated carbocycles. The van der Waals surface area contributed by atoms with E-state index in [0.29, 0.717) is 11.1 Å². The number of amides is 1. The summed E-state index contributed by atoms with van der Waals surface area (Å²) in [6.07, 6.45) is 0. The number of benzene rings is 3. The Balaban J connectivity index is 1.97. The monoisotopic (exact) mass is 397 g/mol. The third-order valence-corrected chi connectivity index (χ3v) is 6.99. The molecule has 2 heterocycles. The smallest absolute Gasteiger partial charge is 0.313 e. The molecule has 4 heteroatoms. The molecule has 2 aliphatic rings. The number of hydrogen-bond acceptors (Lipinski definition) is 2. The lowest BCUT2D eigenvalue weighted by Crippen LogP contribution is -2.63. The van der Waals surface area contributed by atoms with Crippen LogP contribution in [0.25, 0.3) is 0 Å². The largest absolute Gasteiger partial charge is 0.481 e. The number of carboxylic acids is 1. The highest BCUT2D eigenvalue weighted by molar-refractivity contribution is 6.14. The Morgan fingerprint density at radius 1 is 0.933 bits per heavy atom. The molecule has 0 spiro atoms. The SMILES string of the molecule is Cc1ccc([C@@]23[C@@H](C(=O)O)c4ccccc4C(=O)N2c2ccccc2C3(C)C)cc1. The van der Waals surface area contributed by atoms with E-state index in [-0.39, 0.29) is 5.91 Å². The van der Waals surface area contributed by atoms with Gasteiger partial charge in [-0.2, -0.15) is 0 Å². The van der Waals surface area contributed by atoms with E-state index in [0.717, 1.165) is 22.4 Å². The molecule has 1 amide bonds. The van der Waals surface area contributed by atoms with Gasteiger partial charge in [-0.25, -0.2) is 0 Å². The van der Waals surface area contributed by atoms with Crippen LogP contribution in [0.4, 0.5) is 5.69 Å². The average Bonchev–Trinajstić information content (AvgIpc) is 2.94. The summed E-state index contributed by atoms with van der Waals surface area (Å²) >= 11 is 0. The molecule has 0 aliphatic carbocycles. The van der Waals surface area contributed by atoms with E-state index in [9.17, 15) is 14.7 Å². The van der Waals surface area contributed by atoms with Crippen LogP contribution in [0.1, 0.15) is 52.4 Å². The molecule has 2 aliphatic heterocycles. The van der Waals surface area contributed by atoms with Crippen LogP contribution in [-0.4, -0.2) is 17.0 Å². The number of nitrogens with zero attached hydrogens (tertiary/aromatic N) is 1. The summed E-state index contributed by atoms with van der Waals surface area (Å²) in [4.78, 5) is 28.6. The van der Waals surface area contributed by atoms with E-state index in [4.69, 9.17) is 0 Å². The van der Waals surface area contributed by atoms with Gasteiger partial charge >= 0.3 is 5.97 Å². The fraction of sp³-hybridized carbons (Fsp3) is 0.231. The molecule has 0 radical (unpaired) electrons. The number of fused-ring (bicyclic) bond motifs is 4. The number of rotatable bonds is 2. The van der Waals surface area contributed by atoms with Gasteiger partial charge < -0.3 is 5.11 Å². The van der Waals surface area contributed by atoms with Crippen LogP contribution < -0.4 is 4.90 Å². The van der Waals surface area contributed by atoms with Crippen LogP contribution in [-0.2, 0) is 15.7 Å². The molecule has 150 valence electrons. The fourth-order valence-electron chi connectivity index (χ4n) is 5.70. The molecule has 30 heavy (non-hydrogen) atoms. The molecule has 0 fully saturated rings. The van der Waals surface area contributed by atoms with Crippen molar-refractivity contribution in [2.24, 2.45) is 0 Å². The molecule has 1 N–H and O–H groups in total. The number of carboxylic acid groups (broad SMARTS) is 1. The van der Waals surface area contributed by atoms with E-state index in [1.807, 2.05) is 61.5 Å². The van der Waals surface area contributed by atoms with Gasteiger partial charge in [0, 0.05) is 16.7 Å². The van der Waals surface area contributed by atoms with E-state index in [2.05, 4.69) is 13.8 Å². The Labute approximate surface area is 175 Å². The Kier molecular flexibility index (Phi) is 3.75. The topological polar surface area (TPSA) is 57.6 Å². The molecule has 0 aromatic heterocycles. The molecular formula is C26H23NO3. The minimum atomic E-state index is -1.08. The van der Waals surface area contributed by atoms with Gasteiger partial charge in [-0.05, 0) is 35.7 Å². The van der Waals surface area contributed by atoms with Crippen LogP contribution in [0.15, 0.2) is 72.8 Å². The summed E-state index contributed by atoms with van der Waals surface area (Å²) in [5.74, 6) is -1.99. The zero-order valence-corrected chi connectivity index (χ0v) is 17.2. The van der Waals surface area contributed by atoms with Crippen molar-refractivity contribution in [3.8, 4) is 0 Å². The molecule has 0 saturated heterocycles. The molecule has 3 aromatic carbocycles. The van der Waals surface area contributed by atoms with Crippen LogP contribution in [0.3, 0.4) is 0 Å². The summed E-state index contributed by atoms with van der Waals surface area (Å²) < 4.78 is 0. The van der Waals surface area contributed by atoms with Crippen molar-refractivity contribution in [1.82, 2.24) is 0 Å². The highest BCUT2D eigenvalue weighted by Gasteiger charge is 2.68. The van der Waals surface area contributed by atoms with Crippen LogP contribution in [0.5, 0.6) is 0 Å². The van der Waals surface area contributed by atoms with Crippen LogP contribution in [0, 0.1) is 6.92 Å². The van der Waals surface area contributed by atoms with Crippen molar-refractivity contribution >= 4 is 17.6 Å². The molecule has 2 atom stereocenters. The average molecular weight is 397 g/mol. The maximum Gasteiger partial charge on any atom is 0.313 e. The van der Waals surface area contributed by atoms with Gasteiger partial charge in [-0.3, -0.25) is 14.5 Å². The van der Waals surface area contributed by atoms with E-state index < -0.39 is 22.8 Å². The Bertz CT molecular complexity index is 1190. The number of aryl methyl sites for hydroxylation is 1. The van der Waals surface area contributed by atoms with Gasteiger partial charge in [0.15, 0.2) is 0 Å². The van der Waals surface area contributed by atoms with Crippen molar-refractivity contribution in [2.75, 3.05) is 4.90 Å². The van der Waals surface area contributed by atoms with Crippen LogP contribution in [0.2, 0.25) is 0 Å².